The Kier molecular flexibility index (Phi) is 6.01. The maximum atomic E-state index is 14.7. The predicted octanol–water partition coefficient (Wildman–Crippen LogP) is 5.20. The van der Waals surface area contributed by atoms with E-state index in [1.54, 1.807) is 6.20 Å². The molecular weight excluding hydrogens is 468 g/mol. The first-order chi connectivity index (χ1) is 15.9. The highest BCUT2D eigenvalue weighted by atomic mass is 35.5. The number of amides is 1. The van der Waals surface area contributed by atoms with Crippen LogP contribution in [0.15, 0.2) is 18.3 Å². The molecule has 0 aliphatic heterocycles. The minimum Gasteiger partial charge on any atom is -0.369 e. The number of hydrogen-bond acceptors (Lipinski definition) is 6. The van der Waals surface area contributed by atoms with Crippen LogP contribution in [0.25, 0.3) is 11.2 Å². The van der Waals surface area contributed by atoms with Crippen LogP contribution >= 0.6 is 23.2 Å². The third-order valence-electron chi connectivity index (χ3n) is 6.58. The van der Waals surface area contributed by atoms with Crippen LogP contribution in [0.2, 0.25) is 10.0 Å². The van der Waals surface area contributed by atoms with Crippen LogP contribution in [0.3, 0.4) is 0 Å². The molecule has 0 spiro atoms. The maximum absolute atomic E-state index is 14.7. The standard InChI is InChI=1S/C22H24Cl2FN7O/c23-12-8-15(24)18(16(25)9-12)30-22-29-17-10-27-21(28-13-2-1-3-13)31-20(17)32(22)14-6-4-11(5-7-14)19(26)33/h8-11,13-14H,1-7H2,(H2,26,33)(H,29,30)(H,27,28,31)/t11-,14+. The average molecular weight is 492 g/mol. The summed E-state index contributed by atoms with van der Waals surface area (Å²) >= 11 is 12.2. The maximum Gasteiger partial charge on any atom is 0.224 e. The number of fused-ring (bicyclic) bond motifs is 1. The van der Waals surface area contributed by atoms with Gasteiger partial charge >= 0.3 is 0 Å². The molecule has 0 radical (unpaired) electrons. The Bertz CT molecular complexity index is 1180. The molecule has 0 bridgehead atoms. The number of rotatable bonds is 6. The van der Waals surface area contributed by atoms with Crippen molar-refractivity contribution in [3.8, 4) is 0 Å². The second kappa shape index (κ2) is 8.95. The monoisotopic (exact) mass is 491 g/mol. The van der Waals surface area contributed by atoms with E-state index in [0.29, 0.717) is 41.9 Å². The molecule has 0 saturated heterocycles. The van der Waals surface area contributed by atoms with Gasteiger partial charge in [-0.15, -0.1) is 0 Å². The van der Waals surface area contributed by atoms with Crippen LogP contribution in [-0.2, 0) is 4.79 Å². The van der Waals surface area contributed by atoms with Crippen molar-refractivity contribution in [3.63, 3.8) is 0 Å². The smallest absolute Gasteiger partial charge is 0.224 e. The Morgan fingerprint density at radius 1 is 1.12 bits per heavy atom. The van der Waals surface area contributed by atoms with Gasteiger partial charge in [-0.3, -0.25) is 9.36 Å². The van der Waals surface area contributed by atoms with Crippen molar-refractivity contribution in [2.45, 2.75) is 57.0 Å². The average Bonchev–Trinajstić information content (AvgIpc) is 3.10. The molecule has 2 aliphatic rings. The molecular formula is C22H24Cl2FN7O. The molecule has 2 aromatic heterocycles. The Hall–Kier alpha value is -2.65. The van der Waals surface area contributed by atoms with Gasteiger partial charge < -0.3 is 16.4 Å². The van der Waals surface area contributed by atoms with Crippen LogP contribution < -0.4 is 16.4 Å². The largest absolute Gasteiger partial charge is 0.369 e. The van der Waals surface area contributed by atoms with Gasteiger partial charge in [-0.05, 0) is 57.1 Å². The number of anilines is 3. The van der Waals surface area contributed by atoms with Gasteiger partial charge in [-0.1, -0.05) is 23.2 Å². The highest BCUT2D eigenvalue weighted by molar-refractivity contribution is 6.36. The van der Waals surface area contributed by atoms with E-state index >= 15 is 0 Å². The number of nitrogens with one attached hydrogen (secondary N) is 2. The fourth-order valence-corrected chi connectivity index (χ4v) is 5.04. The molecule has 11 heteroatoms. The third-order valence-corrected chi connectivity index (χ3v) is 7.10. The van der Waals surface area contributed by atoms with Crippen molar-refractivity contribution >= 4 is 57.9 Å². The molecule has 33 heavy (non-hydrogen) atoms. The Balaban J connectivity index is 1.54. The SMILES string of the molecule is NC(=O)[C@H]1CC[C@@H](n2c(Nc3c(F)cc(Cl)cc3Cl)nc3cnc(NC4CCC4)nc32)CC1. The van der Waals surface area contributed by atoms with E-state index in [1.165, 1.54) is 18.6 Å². The highest BCUT2D eigenvalue weighted by Crippen LogP contribution is 2.38. The molecule has 2 aliphatic carbocycles. The zero-order valence-corrected chi connectivity index (χ0v) is 19.3. The van der Waals surface area contributed by atoms with Crippen LogP contribution in [0.5, 0.6) is 0 Å². The van der Waals surface area contributed by atoms with E-state index in [2.05, 4.69) is 20.6 Å². The number of carbonyl (C=O) groups excluding carboxylic acids is 1. The van der Waals surface area contributed by atoms with Crippen LogP contribution in [-0.4, -0.2) is 31.5 Å². The van der Waals surface area contributed by atoms with Gasteiger partial charge in [0, 0.05) is 23.0 Å². The molecule has 1 aromatic carbocycles. The van der Waals surface area contributed by atoms with Crippen molar-refractivity contribution in [1.29, 1.82) is 0 Å². The Labute approximate surface area is 200 Å². The second-order valence-electron chi connectivity index (χ2n) is 8.76. The van der Waals surface area contributed by atoms with Gasteiger partial charge in [0.2, 0.25) is 17.8 Å². The fourth-order valence-electron chi connectivity index (χ4n) is 4.52. The van der Waals surface area contributed by atoms with E-state index in [9.17, 15) is 9.18 Å². The molecule has 0 atom stereocenters. The summed E-state index contributed by atoms with van der Waals surface area (Å²) in [4.78, 5) is 25.5. The lowest BCUT2D eigenvalue weighted by atomic mass is 9.85. The zero-order valence-electron chi connectivity index (χ0n) is 17.8. The topological polar surface area (TPSA) is 111 Å². The minimum absolute atomic E-state index is 0.00805. The highest BCUT2D eigenvalue weighted by Gasteiger charge is 2.30. The third kappa shape index (κ3) is 4.44. The lowest BCUT2D eigenvalue weighted by Gasteiger charge is -2.29. The number of hydrogen-bond donors (Lipinski definition) is 3. The number of nitrogens with zero attached hydrogens (tertiary/aromatic N) is 4. The van der Waals surface area contributed by atoms with Gasteiger partial charge in [0.15, 0.2) is 5.65 Å². The first kappa shape index (κ1) is 22.2. The summed E-state index contributed by atoms with van der Waals surface area (Å²) in [5.74, 6) is -0.0400. The summed E-state index contributed by atoms with van der Waals surface area (Å²) in [6, 6.07) is 3.06. The molecule has 3 aromatic rings. The van der Waals surface area contributed by atoms with Crippen molar-refractivity contribution in [1.82, 2.24) is 19.5 Å². The summed E-state index contributed by atoms with van der Waals surface area (Å²) < 4.78 is 16.6. The Morgan fingerprint density at radius 3 is 2.52 bits per heavy atom. The van der Waals surface area contributed by atoms with Crippen LogP contribution in [0.4, 0.5) is 22.0 Å². The number of imidazole rings is 1. The quantitative estimate of drug-likeness (QED) is 0.437. The van der Waals surface area contributed by atoms with Crippen LogP contribution in [0.1, 0.15) is 51.0 Å². The molecule has 1 amide bonds. The number of nitrogens with two attached hydrogens (primary N) is 1. The number of benzene rings is 1. The molecule has 0 unspecified atom stereocenters. The molecule has 2 heterocycles. The predicted molar refractivity (Wildman–Crippen MR) is 126 cm³/mol. The first-order valence-corrected chi connectivity index (χ1v) is 11.9. The normalized spacial score (nSPS) is 21.1. The number of aromatic nitrogens is 4. The van der Waals surface area contributed by atoms with E-state index < -0.39 is 5.82 Å². The van der Waals surface area contributed by atoms with E-state index in [1.807, 2.05) is 4.57 Å². The van der Waals surface area contributed by atoms with Crippen LogP contribution in [0, 0.1) is 11.7 Å². The summed E-state index contributed by atoms with van der Waals surface area (Å²) in [6.45, 7) is 0. The molecule has 4 N–H and O–H groups in total. The van der Waals surface area contributed by atoms with Gasteiger partial charge in [0.05, 0.1) is 16.9 Å². The fraction of sp³-hybridized carbons (Fsp3) is 0.455. The van der Waals surface area contributed by atoms with E-state index in [-0.39, 0.29) is 33.6 Å². The van der Waals surface area contributed by atoms with Crippen molar-refractivity contribution < 1.29 is 9.18 Å². The first-order valence-electron chi connectivity index (χ1n) is 11.1. The molecule has 174 valence electrons. The summed E-state index contributed by atoms with van der Waals surface area (Å²) in [6.07, 6.45) is 7.85. The second-order valence-corrected chi connectivity index (χ2v) is 9.60. The van der Waals surface area contributed by atoms with Gasteiger partial charge in [0.1, 0.15) is 11.3 Å². The lowest BCUT2D eigenvalue weighted by Crippen LogP contribution is -2.29. The molecule has 2 saturated carbocycles. The summed E-state index contributed by atoms with van der Waals surface area (Å²) in [5, 5.41) is 6.77. The zero-order chi connectivity index (χ0) is 23.1. The summed E-state index contributed by atoms with van der Waals surface area (Å²) in [5.41, 5.74) is 6.83. The van der Waals surface area contributed by atoms with Crippen molar-refractivity contribution in [3.05, 3.63) is 34.2 Å². The van der Waals surface area contributed by atoms with Gasteiger partial charge in [-0.25, -0.2) is 14.4 Å². The van der Waals surface area contributed by atoms with E-state index in [4.69, 9.17) is 33.9 Å². The number of halogens is 3. The minimum atomic E-state index is -0.582. The van der Waals surface area contributed by atoms with Gasteiger partial charge in [-0.2, -0.15) is 4.98 Å². The van der Waals surface area contributed by atoms with Crippen molar-refractivity contribution in [2.24, 2.45) is 11.7 Å². The molecule has 8 nitrogen and oxygen atoms in total. The van der Waals surface area contributed by atoms with Gasteiger partial charge in [0.25, 0.3) is 0 Å². The molecule has 2 fully saturated rings. The lowest BCUT2D eigenvalue weighted by molar-refractivity contribution is -0.122. The number of carbonyl (C=O) groups is 1. The Morgan fingerprint density at radius 2 is 1.88 bits per heavy atom. The van der Waals surface area contributed by atoms with E-state index in [0.717, 1.165) is 25.7 Å². The number of primary amides is 1. The molecule has 5 rings (SSSR count). The van der Waals surface area contributed by atoms with Crippen molar-refractivity contribution in [2.75, 3.05) is 10.6 Å². The summed E-state index contributed by atoms with van der Waals surface area (Å²) in [7, 11) is 0.